The number of anilines is 1. The van der Waals surface area contributed by atoms with Gasteiger partial charge in [-0.2, -0.15) is 0 Å². The van der Waals surface area contributed by atoms with Gasteiger partial charge in [-0.1, -0.05) is 30.0 Å². The van der Waals surface area contributed by atoms with Gasteiger partial charge in [0, 0.05) is 31.3 Å². The van der Waals surface area contributed by atoms with Crippen molar-refractivity contribution in [2.24, 2.45) is 7.05 Å². The van der Waals surface area contributed by atoms with Crippen LogP contribution in [0.4, 0.5) is 5.69 Å². The largest absolute Gasteiger partial charge is 0.497 e. The highest BCUT2D eigenvalue weighted by Gasteiger charge is 2.19. The second-order valence-electron chi connectivity index (χ2n) is 7.86. The SMILES string of the molecule is CCn1c(SCCC(=O)Nc2c(C)n(C)n(-c3ccccc3)c2=O)nnc1-c1ccc(OC)cc1. The molecule has 0 unspecified atom stereocenters. The number of benzene rings is 2. The van der Waals surface area contributed by atoms with Gasteiger partial charge in [-0.15, -0.1) is 10.2 Å². The number of methoxy groups -OCH3 is 1. The van der Waals surface area contributed by atoms with Crippen molar-refractivity contribution in [3.05, 3.63) is 70.6 Å². The van der Waals surface area contributed by atoms with Crippen molar-refractivity contribution in [2.45, 2.75) is 32.0 Å². The third-order valence-corrected chi connectivity index (χ3v) is 6.73. The van der Waals surface area contributed by atoms with Gasteiger partial charge in [0.05, 0.1) is 18.5 Å². The molecule has 0 aliphatic rings. The number of thioether (sulfide) groups is 1. The standard InChI is InChI=1S/C25H28N6O3S/c1-5-30-23(18-11-13-20(34-4)14-12-18)27-28-25(30)35-16-15-21(32)26-22-17(2)29(3)31(24(22)33)19-9-7-6-8-10-19/h6-14H,5,15-16H2,1-4H3,(H,26,32). The Balaban J connectivity index is 1.42. The van der Waals surface area contributed by atoms with E-state index >= 15 is 0 Å². The Kier molecular flexibility index (Phi) is 7.40. The molecule has 1 amide bonds. The lowest BCUT2D eigenvalue weighted by atomic mass is 10.2. The van der Waals surface area contributed by atoms with Gasteiger partial charge in [0.15, 0.2) is 11.0 Å². The second-order valence-corrected chi connectivity index (χ2v) is 8.92. The molecule has 0 saturated carbocycles. The fraction of sp³-hybridized carbons (Fsp3) is 0.280. The number of carbonyl (C=O) groups is 1. The Hall–Kier alpha value is -3.79. The minimum Gasteiger partial charge on any atom is -0.497 e. The molecule has 35 heavy (non-hydrogen) atoms. The van der Waals surface area contributed by atoms with E-state index in [1.54, 1.807) is 23.5 Å². The van der Waals surface area contributed by atoms with Crippen LogP contribution in [0, 0.1) is 6.92 Å². The van der Waals surface area contributed by atoms with Crippen molar-refractivity contribution in [1.82, 2.24) is 24.1 Å². The number of rotatable bonds is 9. The van der Waals surface area contributed by atoms with Crippen molar-refractivity contribution in [2.75, 3.05) is 18.2 Å². The average Bonchev–Trinajstić information content (AvgIpc) is 3.38. The van der Waals surface area contributed by atoms with E-state index in [-0.39, 0.29) is 17.9 Å². The Morgan fingerprint density at radius 3 is 2.46 bits per heavy atom. The summed E-state index contributed by atoms with van der Waals surface area (Å²) in [6.07, 6.45) is 0.234. The van der Waals surface area contributed by atoms with Crippen LogP contribution in [0.5, 0.6) is 5.75 Å². The van der Waals surface area contributed by atoms with Gasteiger partial charge in [-0.3, -0.25) is 14.3 Å². The molecule has 0 bridgehead atoms. The number of para-hydroxylation sites is 1. The van der Waals surface area contributed by atoms with Crippen molar-refractivity contribution in [1.29, 1.82) is 0 Å². The van der Waals surface area contributed by atoms with E-state index in [2.05, 4.69) is 15.5 Å². The normalized spacial score (nSPS) is 11.0. The molecule has 0 atom stereocenters. The van der Waals surface area contributed by atoms with Crippen LogP contribution < -0.4 is 15.6 Å². The third kappa shape index (κ3) is 5.02. The maximum atomic E-state index is 13.0. The first-order valence-electron chi connectivity index (χ1n) is 11.3. The Bertz CT molecular complexity index is 1370. The minimum absolute atomic E-state index is 0.221. The quantitative estimate of drug-likeness (QED) is 0.356. The van der Waals surface area contributed by atoms with Crippen LogP contribution in [0.25, 0.3) is 17.1 Å². The molecular weight excluding hydrogens is 464 g/mol. The van der Waals surface area contributed by atoms with E-state index in [1.165, 1.54) is 11.8 Å². The van der Waals surface area contributed by atoms with Crippen LogP contribution in [0.15, 0.2) is 64.5 Å². The van der Waals surface area contributed by atoms with Gasteiger partial charge in [-0.25, -0.2) is 4.68 Å². The van der Waals surface area contributed by atoms with Crippen LogP contribution in [-0.4, -0.2) is 42.9 Å². The summed E-state index contributed by atoms with van der Waals surface area (Å²) in [5.74, 6) is 1.83. The van der Waals surface area contributed by atoms with E-state index in [0.717, 1.165) is 28.0 Å². The van der Waals surface area contributed by atoms with E-state index in [0.29, 0.717) is 23.7 Å². The molecule has 9 nitrogen and oxygen atoms in total. The molecule has 1 N–H and O–H groups in total. The molecular formula is C25H28N6O3S. The fourth-order valence-corrected chi connectivity index (χ4v) is 4.72. The van der Waals surface area contributed by atoms with Crippen LogP contribution in [-0.2, 0) is 18.4 Å². The topological polar surface area (TPSA) is 96.0 Å². The van der Waals surface area contributed by atoms with Crippen molar-refractivity contribution >= 4 is 23.4 Å². The molecule has 0 aliphatic heterocycles. The highest BCUT2D eigenvalue weighted by atomic mass is 32.2. The molecule has 0 radical (unpaired) electrons. The molecule has 4 aromatic rings. The molecule has 0 aliphatic carbocycles. The van der Waals surface area contributed by atoms with Crippen molar-refractivity contribution in [3.8, 4) is 22.8 Å². The molecule has 0 fully saturated rings. The zero-order valence-electron chi connectivity index (χ0n) is 20.2. The highest BCUT2D eigenvalue weighted by Crippen LogP contribution is 2.26. The van der Waals surface area contributed by atoms with Gasteiger partial charge in [0.2, 0.25) is 5.91 Å². The molecule has 2 aromatic carbocycles. The van der Waals surface area contributed by atoms with Gasteiger partial charge in [-0.05, 0) is 50.2 Å². The number of hydrogen-bond acceptors (Lipinski definition) is 6. The first-order valence-corrected chi connectivity index (χ1v) is 12.3. The Morgan fingerprint density at radius 1 is 1.09 bits per heavy atom. The molecule has 0 spiro atoms. The van der Waals surface area contributed by atoms with Crippen LogP contribution in [0.2, 0.25) is 0 Å². The van der Waals surface area contributed by atoms with E-state index < -0.39 is 0 Å². The summed E-state index contributed by atoms with van der Waals surface area (Å²) in [5.41, 5.74) is 2.41. The number of nitrogens with one attached hydrogen (secondary N) is 1. The van der Waals surface area contributed by atoms with E-state index in [9.17, 15) is 9.59 Å². The summed E-state index contributed by atoms with van der Waals surface area (Å²) in [6.45, 7) is 4.55. The van der Waals surface area contributed by atoms with Crippen LogP contribution in [0.1, 0.15) is 19.0 Å². The van der Waals surface area contributed by atoms with Gasteiger partial charge < -0.3 is 14.6 Å². The number of carbonyl (C=O) groups excluding carboxylic acids is 1. The number of hydrogen-bond donors (Lipinski definition) is 1. The molecule has 10 heteroatoms. The molecule has 2 heterocycles. The number of ether oxygens (including phenoxy) is 1. The number of amides is 1. The zero-order chi connectivity index (χ0) is 24.9. The van der Waals surface area contributed by atoms with Crippen molar-refractivity contribution < 1.29 is 9.53 Å². The lowest BCUT2D eigenvalue weighted by Crippen LogP contribution is -2.23. The molecule has 4 rings (SSSR count). The predicted octanol–water partition coefficient (Wildman–Crippen LogP) is 3.89. The van der Waals surface area contributed by atoms with Gasteiger partial charge in [0.25, 0.3) is 5.56 Å². The lowest BCUT2D eigenvalue weighted by molar-refractivity contribution is -0.115. The summed E-state index contributed by atoms with van der Waals surface area (Å²) < 4.78 is 10.5. The van der Waals surface area contributed by atoms with Gasteiger partial charge in [0.1, 0.15) is 11.4 Å². The lowest BCUT2D eigenvalue weighted by Gasteiger charge is -2.08. The smallest absolute Gasteiger partial charge is 0.295 e. The second kappa shape index (κ2) is 10.6. The van der Waals surface area contributed by atoms with Crippen LogP contribution in [0.3, 0.4) is 0 Å². The first kappa shape index (κ1) is 24.3. The highest BCUT2D eigenvalue weighted by molar-refractivity contribution is 7.99. The number of nitrogens with zero attached hydrogens (tertiary/aromatic N) is 5. The molecule has 2 aromatic heterocycles. The summed E-state index contributed by atoms with van der Waals surface area (Å²) in [5, 5.41) is 12.2. The third-order valence-electron chi connectivity index (χ3n) is 5.76. The summed E-state index contributed by atoms with van der Waals surface area (Å²) in [4.78, 5) is 25.7. The predicted molar refractivity (Wildman–Crippen MR) is 137 cm³/mol. The van der Waals surface area contributed by atoms with E-state index in [1.807, 2.05) is 73.0 Å². The fourth-order valence-electron chi connectivity index (χ4n) is 3.78. The monoisotopic (exact) mass is 492 g/mol. The maximum absolute atomic E-state index is 13.0. The molecule has 182 valence electrons. The van der Waals surface area contributed by atoms with Gasteiger partial charge >= 0.3 is 0 Å². The maximum Gasteiger partial charge on any atom is 0.295 e. The Morgan fingerprint density at radius 2 is 1.80 bits per heavy atom. The number of aromatic nitrogens is 5. The summed E-state index contributed by atoms with van der Waals surface area (Å²) in [6, 6.07) is 17.0. The minimum atomic E-state index is -0.257. The zero-order valence-corrected chi connectivity index (χ0v) is 21.0. The summed E-state index contributed by atoms with van der Waals surface area (Å²) >= 11 is 1.46. The first-order chi connectivity index (χ1) is 16.9. The average molecular weight is 493 g/mol. The molecule has 0 saturated heterocycles. The van der Waals surface area contributed by atoms with E-state index in [4.69, 9.17) is 4.74 Å². The summed E-state index contributed by atoms with van der Waals surface area (Å²) in [7, 11) is 3.43. The van der Waals surface area contributed by atoms with Crippen LogP contribution >= 0.6 is 11.8 Å². The Labute approximate surface area is 207 Å². The van der Waals surface area contributed by atoms with Crippen molar-refractivity contribution in [3.63, 3.8) is 0 Å².